The number of rotatable bonds is 5. The van der Waals surface area contributed by atoms with Gasteiger partial charge in [-0.2, -0.15) is 0 Å². The molecule has 2 heterocycles. The zero-order valence-electron chi connectivity index (χ0n) is 11.9. The van der Waals surface area contributed by atoms with Gasteiger partial charge >= 0.3 is 0 Å². The molecule has 1 atom stereocenters. The number of hydrogen-bond donors (Lipinski definition) is 2. The van der Waals surface area contributed by atoms with Crippen molar-refractivity contribution in [1.82, 2.24) is 9.80 Å². The highest BCUT2D eigenvalue weighted by Crippen LogP contribution is 2.28. The zero-order chi connectivity index (χ0) is 15.0. The molecule has 0 bridgehead atoms. The van der Waals surface area contributed by atoms with Crippen LogP contribution in [-0.4, -0.2) is 46.7 Å². The monoisotopic (exact) mass is 282 g/mol. The number of unbranched alkanes of at least 4 members (excludes halogenated alkanes) is 1. The molecule has 6 nitrogen and oxygen atoms in total. The number of aliphatic hydroxyl groups excluding tert-OH is 1. The maximum absolute atomic E-state index is 10.2. The lowest BCUT2D eigenvalue weighted by Gasteiger charge is -2.20. The fourth-order valence-corrected chi connectivity index (χ4v) is 2.05. The van der Waals surface area contributed by atoms with Gasteiger partial charge in [-0.05, 0) is 18.6 Å². The average Bonchev–Trinajstić information content (AvgIpc) is 3.06. The first-order chi connectivity index (χ1) is 9.63. The zero-order valence-corrected chi connectivity index (χ0v) is 11.9. The molecular formula is C14H22N2O4. The van der Waals surface area contributed by atoms with E-state index in [0.29, 0.717) is 5.76 Å². The van der Waals surface area contributed by atoms with Gasteiger partial charge in [-0.1, -0.05) is 13.3 Å². The smallest absolute Gasteiger partial charge is 0.290 e. The van der Waals surface area contributed by atoms with E-state index in [0.717, 1.165) is 18.9 Å². The number of carboxylic acid groups (broad SMARTS) is 1. The number of aliphatic hydroxyl groups is 1. The summed E-state index contributed by atoms with van der Waals surface area (Å²) in [6.07, 6.45) is 5.31. The molecule has 0 saturated carbocycles. The third kappa shape index (κ3) is 4.31. The first-order valence-electron chi connectivity index (χ1n) is 6.60. The van der Waals surface area contributed by atoms with Crippen LogP contribution in [0.4, 0.5) is 0 Å². The molecule has 20 heavy (non-hydrogen) atoms. The second-order valence-electron chi connectivity index (χ2n) is 4.58. The van der Waals surface area contributed by atoms with Crippen LogP contribution in [0.15, 0.2) is 34.7 Å². The number of furan rings is 1. The van der Waals surface area contributed by atoms with Gasteiger partial charge in [0.25, 0.3) is 6.47 Å². The van der Waals surface area contributed by atoms with E-state index in [4.69, 9.17) is 14.3 Å². The molecule has 0 aromatic carbocycles. The highest BCUT2D eigenvalue weighted by atomic mass is 16.4. The van der Waals surface area contributed by atoms with Gasteiger partial charge < -0.3 is 24.4 Å². The van der Waals surface area contributed by atoms with E-state index in [1.165, 1.54) is 12.8 Å². The second kappa shape index (κ2) is 8.27. The Morgan fingerprint density at radius 3 is 2.80 bits per heavy atom. The van der Waals surface area contributed by atoms with Gasteiger partial charge in [0.2, 0.25) is 0 Å². The van der Waals surface area contributed by atoms with Crippen LogP contribution in [0.25, 0.3) is 0 Å². The van der Waals surface area contributed by atoms with E-state index < -0.39 is 6.10 Å². The third-order valence-electron chi connectivity index (χ3n) is 3.04. The summed E-state index contributed by atoms with van der Waals surface area (Å²) in [5.41, 5.74) is 0.899. The number of hydrogen-bond acceptors (Lipinski definition) is 5. The molecule has 1 aromatic heterocycles. The molecule has 1 aliphatic rings. The molecule has 2 N–H and O–H groups in total. The minimum absolute atomic E-state index is 0.250. The number of carbonyl (C=O) groups is 1. The van der Waals surface area contributed by atoms with E-state index in [1.54, 1.807) is 18.4 Å². The van der Waals surface area contributed by atoms with Gasteiger partial charge in [-0.3, -0.25) is 4.79 Å². The molecule has 0 saturated heterocycles. The Labute approximate surface area is 118 Å². The van der Waals surface area contributed by atoms with Crippen molar-refractivity contribution in [2.24, 2.45) is 0 Å². The van der Waals surface area contributed by atoms with E-state index in [-0.39, 0.29) is 6.47 Å². The Morgan fingerprint density at radius 2 is 2.25 bits per heavy atom. The molecule has 2 rings (SSSR count). The van der Waals surface area contributed by atoms with Crippen LogP contribution in [-0.2, 0) is 4.79 Å². The Balaban J connectivity index is 0.000000612. The molecule has 0 amide bonds. The topological polar surface area (TPSA) is 77.2 Å². The normalized spacial score (nSPS) is 15.4. The first kappa shape index (κ1) is 16.1. The molecule has 6 heteroatoms. The predicted octanol–water partition coefficient (Wildman–Crippen LogP) is 1.86. The lowest BCUT2D eigenvalue weighted by molar-refractivity contribution is -0.122. The van der Waals surface area contributed by atoms with Crippen LogP contribution in [0.2, 0.25) is 0 Å². The third-order valence-corrected chi connectivity index (χ3v) is 3.04. The Hall–Kier alpha value is -1.95. The quantitative estimate of drug-likeness (QED) is 0.803. The van der Waals surface area contributed by atoms with Crippen molar-refractivity contribution in [3.63, 3.8) is 0 Å². The second-order valence-corrected chi connectivity index (χ2v) is 4.58. The van der Waals surface area contributed by atoms with Crippen LogP contribution in [0.5, 0.6) is 0 Å². The predicted molar refractivity (Wildman–Crippen MR) is 74.7 cm³/mol. The van der Waals surface area contributed by atoms with Crippen LogP contribution < -0.4 is 0 Å². The van der Waals surface area contributed by atoms with Crippen molar-refractivity contribution in [2.75, 3.05) is 20.3 Å². The number of nitrogens with zero attached hydrogens (tertiary/aromatic N) is 2. The molecule has 1 aromatic rings. The molecule has 0 spiro atoms. The summed E-state index contributed by atoms with van der Waals surface area (Å²) >= 11 is 0. The molecule has 1 unspecified atom stereocenters. The minimum atomic E-state index is -0.665. The van der Waals surface area contributed by atoms with Gasteiger partial charge in [0.05, 0.1) is 18.6 Å². The van der Waals surface area contributed by atoms with E-state index in [9.17, 15) is 5.11 Å². The lowest BCUT2D eigenvalue weighted by atomic mass is 10.2. The fourth-order valence-electron chi connectivity index (χ4n) is 2.05. The summed E-state index contributed by atoms with van der Waals surface area (Å²) in [4.78, 5) is 12.6. The van der Waals surface area contributed by atoms with Crippen molar-refractivity contribution in [3.05, 3.63) is 36.1 Å². The summed E-state index contributed by atoms with van der Waals surface area (Å²) in [6, 6.07) is 3.59. The summed E-state index contributed by atoms with van der Waals surface area (Å²) in [7, 11) is 1.99. The number of likely N-dealkylation sites (N-methyl/N-ethyl adjacent to an activating group) is 1. The fraction of sp³-hybridized carbons (Fsp3) is 0.500. The highest BCUT2D eigenvalue weighted by molar-refractivity contribution is 5.32. The highest BCUT2D eigenvalue weighted by Gasteiger charge is 2.25. The van der Waals surface area contributed by atoms with Crippen LogP contribution in [0, 0.1) is 0 Å². The van der Waals surface area contributed by atoms with Crippen molar-refractivity contribution in [1.29, 1.82) is 0 Å². The maximum Gasteiger partial charge on any atom is 0.290 e. The van der Waals surface area contributed by atoms with Gasteiger partial charge in [0.15, 0.2) is 6.10 Å². The molecule has 112 valence electrons. The van der Waals surface area contributed by atoms with Crippen molar-refractivity contribution in [3.8, 4) is 0 Å². The Morgan fingerprint density at radius 1 is 1.55 bits per heavy atom. The average molecular weight is 282 g/mol. The summed E-state index contributed by atoms with van der Waals surface area (Å²) in [6.45, 7) is 3.81. The summed E-state index contributed by atoms with van der Waals surface area (Å²) in [5, 5.41) is 17.1. The van der Waals surface area contributed by atoms with Crippen LogP contribution in [0.3, 0.4) is 0 Å². The molecule has 0 radical (unpaired) electrons. The largest absolute Gasteiger partial charge is 0.483 e. The van der Waals surface area contributed by atoms with Gasteiger partial charge in [0, 0.05) is 19.8 Å². The maximum atomic E-state index is 10.2. The van der Waals surface area contributed by atoms with E-state index in [1.807, 2.05) is 13.2 Å². The summed E-state index contributed by atoms with van der Waals surface area (Å²) < 4.78 is 5.24. The van der Waals surface area contributed by atoms with Crippen molar-refractivity contribution in [2.45, 2.75) is 25.9 Å². The molecule has 0 aliphatic carbocycles. The SMILES string of the molecule is CCCCN1C=C(C(O)c2ccco2)N(C)C1.O=CO. The first-order valence-corrected chi connectivity index (χ1v) is 6.60. The lowest BCUT2D eigenvalue weighted by Crippen LogP contribution is -2.25. The van der Waals surface area contributed by atoms with Gasteiger partial charge in [-0.15, -0.1) is 0 Å². The van der Waals surface area contributed by atoms with Crippen LogP contribution in [0.1, 0.15) is 31.6 Å². The van der Waals surface area contributed by atoms with Gasteiger partial charge in [0.1, 0.15) is 5.76 Å². The van der Waals surface area contributed by atoms with Crippen molar-refractivity contribution >= 4 is 6.47 Å². The van der Waals surface area contributed by atoms with Crippen molar-refractivity contribution < 1.29 is 19.4 Å². The standard InChI is InChI=1S/C13H20N2O2.CH2O2/c1-3-4-7-15-9-11(14(2)10-15)13(16)12-6-5-8-17-12;2-1-3/h5-6,8-9,13,16H,3-4,7,10H2,1-2H3;1H,(H,2,3). The molecule has 0 fully saturated rings. The Kier molecular flexibility index (Phi) is 6.66. The molecule has 1 aliphatic heterocycles. The molecular weight excluding hydrogens is 260 g/mol. The van der Waals surface area contributed by atoms with E-state index in [2.05, 4.69) is 16.7 Å². The van der Waals surface area contributed by atoms with E-state index >= 15 is 0 Å². The van der Waals surface area contributed by atoms with Crippen LogP contribution >= 0.6 is 0 Å². The Bertz CT molecular complexity index is 417. The minimum Gasteiger partial charge on any atom is -0.483 e. The summed E-state index contributed by atoms with van der Waals surface area (Å²) in [5.74, 6) is 0.598. The van der Waals surface area contributed by atoms with Gasteiger partial charge in [-0.25, -0.2) is 0 Å².